The minimum atomic E-state index is 0.269. The van der Waals surface area contributed by atoms with Crippen molar-refractivity contribution in [3.8, 4) is 17.2 Å². The van der Waals surface area contributed by atoms with E-state index in [4.69, 9.17) is 14.2 Å². The number of fused-ring (bicyclic) bond motifs is 1. The predicted molar refractivity (Wildman–Crippen MR) is 74.0 cm³/mol. The summed E-state index contributed by atoms with van der Waals surface area (Å²) in [6.07, 6.45) is 1.13. The lowest BCUT2D eigenvalue weighted by Crippen LogP contribution is -2.21. The van der Waals surface area contributed by atoms with Gasteiger partial charge < -0.3 is 24.4 Å². The lowest BCUT2D eigenvalue weighted by Gasteiger charge is -2.11. The summed E-state index contributed by atoms with van der Waals surface area (Å²) < 4.78 is 16.1. The van der Waals surface area contributed by atoms with Crippen molar-refractivity contribution in [3.63, 3.8) is 0 Å². The highest BCUT2D eigenvalue weighted by atomic mass is 16.7. The number of nitrogens with zero attached hydrogens (tertiary/aromatic N) is 1. The molecule has 5 heteroatoms. The van der Waals surface area contributed by atoms with Crippen LogP contribution in [0.15, 0.2) is 12.1 Å². The molecule has 0 amide bonds. The van der Waals surface area contributed by atoms with E-state index in [2.05, 4.69) is 24.3 Å². The molecule has 0 aromatic heterocycles. The van der Waals surface area contributed by atoms with E-state index in [9.17, 15) is 0 Å². The third-order valence-corrected chi connectivity index (χ3v) is 3.01. The second-order valence-electron chi connectivity index (χ2n) is 4.87. The summed E-state index contributed by atoms with van der Waals surface area (Å²) in [7, 11) is 5.82. The Labute approximate surface area is 114 Å². The van der Waals surface area contributed by atoms with Gasteiger partial charge in [-0.3, -0.25) is 0 Å². The van der Waals surface area contributed by atoms with Gasteiger partial charge in [0.1, 0.15) is 0 Å². The molecule has 1 aliphatic heterocycles. The molecule has 0 fully saturated rings. The number of ether oxygens (including phenoxy) is 3. The molecule has 106 valence electrons. The predicted octanol–water partition coefficient (Wildman–Crippen LogP) is 1.47. The second kappa shape index (κ2) is 6.63. The number of benzene rings is 1. The summed E-state index contributed by atoms with van der Waals surface area (Å²) in [6, 6.07) is 4.00. The number of hydrogen-bond donors (Lipinski definition) is 1. The number of methoxy groups -OCH3 is 1. The minimum Gasteiger partial charge on any atom is -0.493 e. The van der Waals surface area contributed by atoms with Crippen LogP contribution in [0.5, 0.6) is 17.2 Å². The van der Waals surface area contributed by atoms with Gasteiger partial charge in [0, 0.05) is 6.54 Å². The summed E-state index contributed by atoms with van der Waals surface area (Å²) in [6.45, 7) is 3.16. The van der Waals surface area contributed by atoms with Gasteiger partial charge in [0.15, 0.2) is 11.5 Å². The Morgan fingerprint density at radius 2 is 2.16 bits per heavy atom. The molecular weight excluding hydrogens is 244 g/mol. The third-order valence-electron chi connectivity index (χ3n) is 3.01. The molecule has 1 N–H and O–H groups in total. The van der Waals surface area contributed by atoms with E-state index < -0.39 is 0 Å². The van der Waals surface area contributed by atoms with Crippen LogP contribution in [-0.2, 0) is 6.54 Å². The van der Waals surface area contributed by atoms with Gasteiger partial charge in [-0.2, -0.15) is 0 Å². The van der Waals surface area contributed by atoms with Crippen molar-refractivity contribution in [2.45, 2.75) is 13.0 Å². The summed E-state index contributed by atoms with van der Waals surface area (Å²) in [5, 5.41) is 3.42. The van der Waals surface area contributed by atoms with Gasteiger partial charge in [0.2, 0.25) is 12.5 Å². The van der Waals surface area contributed by atoms with E-state index in [1.165, 1.54) is 0 Å². The minimum absolute atomic E-state index is 0.269. The number of rotatable bonds is 7. The van der Waals surface area contributed by atoms with Crippen LogP contribution in [0, 0.1) is 0 Å². The number of nitrogens with one attached hydrogen (secondary N) is 1. The zero-order valence-corrected chi connectivity index (χ0v) is 11.9. The van der Waals surface area contributed by atoms with E-state index in [0.717, 1.165) is 43.1 Å². The van der Waals surface area contributed by atoms with Crippen molar-refractivity contribution < 1.29 is 14.2 Å². The molecule has 1 aromatic rings. The van der Waals surface area contributed by atoms with Crippen molar-refractivity contribution in [3.05, 3.63) is 17.7 Å². The lowest BCUT2D eigenvalue weighted by molar-refractivity contribution is 0.171. The van der Waals surface area contributed by atoms with Crippen molar-refractivity contribution in [2.24, 2.45) is 0 Å². The maximum Gasteiger partial charge on any atom is 0.231 e. The van der Waals surface area contributed by atoms with Gasteiger partial charge in [0.05, 0.1) is 7.11 Å². The van der Waals surface area contributed by atoms with Crippen LogP contribution in [-0.4, -0.2) is 46.0 Å². The fraction of sp³-hybridized carbons (Fsp3) is 0.571. The Kier molecular flexibility index (Phi) is 4.87. The average Bonchev–Trinajstić information content (AvgIpc) is 2.85. The molecule has 1 aliphatic rings. The van der Waals surface area contributed by atoms with Crippen molar-refractivity contribution in [1.29, 1.82) is 0 Å². The molecule has 5 nitrogen and oxygen atoms in total. The molecular formula is C14H22N2O3. The van der Waals surface area contributed by atoms with E-state index >= 15 is 0 Å². The largest absolute Gasteiger partial charge is 0.493 e. The van der Waals surface area contributed by atoms with Gasteiger partial charge in [0.25, 0.3) is 0 Å². The third kappa shape index (κ3) is 3.75. The van der Waals surface area contributed by atoms with Crippen molar-refractivity contribution >= 4 is 0 Å². The molecule has 0 unspecified atom stereocenters. The monoisotopic (exact) mass is 266 g/mol. The van der Waals surface area contributed by atoms with E-state index in [0.29, 0.717) is 5.75 Å². The van der Waals surface area contributed by atoms with Crippen LogP contribution in [0.25, 0.3) is 0 Å². The molecule has 0 saturated carbocycles. The van der Waals surface area contributed by atoms with Gasteiger partial charge >= 0.3 is 0 Å². The Morgan fingerprint density at radius 1 is 1.32 bits per heavy atom. The average molecular weight is 266 g/mol. The van der Waals surface area contributed by atoms with Crippen LogP contribution in [0.3, 0.4) is 0 Å². The fourth-order valence-electron chi connectivity index (χ4n) is 2.04. The lowest BCUT2D eigenvalue weighted by atomic mass is 10.2. The molecule has 0 atom stereocenters. The maximum absolute atomic E-state index is 5.40. The van der Waals surface area contributed by atoms with Gasteiger partial charge in [-0.15, -0.1) is 0 Å². The molecule has 0 saturated heterocycles. The Hall–Kier alpha value is -1.46. The summed E-state index contributed by atoms with van der Waals surface area (Å²) >= 11 is 0. The van der Waals surface area contributed by atoms with Crippen LogP contribution in [0.2, 0.25) is 0 Å². The molecule has 1 heterocycles. The highest BCUT2D eigenvalue weighted by Gasteiger charge is 2.19. The molecule has 0 aliphatic carbocycles. The molecule has 0 radical (unpaired) electrons. The van der Waals surface area contributed by atoms with Crippen molar-refractivity contribution in [1.82, 2.24) is 10.2 Å². The maximum atomic E-state index is 5.40. The molecule has 1 aromatic carbocycles. The summed E-state index contributed by atoms with van der Waals surface area (Å²) in [4.78, 5) is 2.19. The fourth-order valence-corrected chi connectivity index (χ4v) is 2.04. The quantitative estimate of drug-likeness (QED) is 0.757. The standard InChI is InChI=1S/C14H22N2O3/c1-16(2)6-4-5-15-9-11-7-12(17-3)14-13(8-11)18-10-19-14/h7-8,15H,4-6,9-10H2,1-3H3. The van der Waals surface area contributed by atoms with E-state index in [-0.39, 0.29) is 6.79 Å². The van der Waals surface area contributed by atoms with E-state index in [1.54, 1.807) is 7.11 Å². The van der Waals surface area contributed by atoms with Gasteiger partial charge in [-0.05, 0) is 51.3 Å². The van der Waals surface area contributed by atoms with Crippen LogP contribution < -0.4 is 19.5 Å². The highest BCUT2D eigenvalue weighted by molar-refractivity contribution is 5.55. The highest BCUT2D eigenvalue weighted by Crippen LogP contribution is 2.41. The Bertz CT molecular complexity index is 421. The zero-order valence-electron chi connectivity index (χ0n) is 11.9. The zero-order chi connectivity index (χ0) is 13.7. The first-order valence-corrected chi connectivity index (χ1v) is 6.52. The summed E-state index contributed by atoms with van der Waals surface area (Å²) in [5.74, 6) is 2.21. The normalized spacial score (nSPS) is 13.1. The first-order valence-electron chi connectivity index (χ1n) is 6.52. The number of hydrogen-bond acceptors (Lipinski definition) is 5. The van der Waals surface area contributed by atoms with Crippen LogP contribution in [0.1, 0.15) is 12.0 Å². The molecule has 0 bridgehead atoms. The Balaban J connectivity index is 1.87. The molecule has 0 spiro atoms. The Morgan fingerprint density at radius 3 is 2.89 bits per heavy atom. The SMILES string of the molecule is COc1cc(CNCCCN(C)C)cc2c1OCO2. The molecule has 2 rings (SSSR count). The van der Waals surface area contributed by atoms with Crippen LogP contribution in [0.4, 0.5) is 0 Å². The van der Waals surface area contributed by atoms with Gasteiger partial charge in [-0.25, -0.2) is 0 Å². The van der Waals surface area contributed by atoms with Gasteiger partial charge in [-0.1, -0.05) is 0 Å². The van der Waals surface area contributed by atoms with Crippen molar-refractivity contribution in [2.75, 3.05) is 41.1 Å². The van der Waals surface area contributed by atoms with E-state index in [1.807, 2.05) is 12.1 Å². The summed E-state index contributed by atoms with van der Waals surface area (Å²) in [5.41, 5.74) is 1.14. The smallest absolute Gasteiger partial charge is 0.231 e. The van der Waals surface area contributed by atoms with Crippen LogP contribution >= 0.6 is 0 Å². The first kappa shape index (κ1) is 14.0. The second-order valence-corrected chi connectivity index (χ2v) is 4.87. The first-order chi connectivity index (χ1) is 9.20. The topological polar surface area (TPSA) is 43.0 Å². The molecule has 19 heavy (non-hydrogen) atoms.